The summed E-state index contributed by atoms with van der Waals surface area (Å²) in [6, 6.07) is 3.63. The number of nitrogens with two attached hydrogens (primary N) is 1. The van der Waals surface area contributed by atoms with Crippen LogP contribution >= 0.6 is 11.8 Å². The van der Waals surface area contributed by atoms with Crippen LogP contribution in [0.3, 0.4) is 0 Å². The maximum Gasteiger partial charge on any atom is 0.225 e. The summed E-state index contributed by atoms with van der Waals surface area (Å²) in [5, 5.41) is 4.10. The van der Waals surface area contributed by atoms with E-state index in [4.69, 9.17) is 15.2 Å². The molecule has 23 heavy (non-hydrogen) atoms. The number of benzene rings is 1. The maximum absolute atomic E-state index is 6.10. The predicted molar refractivity (Wildman–Crippen MR) is 95.6 cm³/mol. The van der Waals surface area contributed by atoms with Crippen LogP contribution in [0.25, 0.3) is 10.9 Å². The number of fused-ring (bicyclic) bond motifs is 1. The molecule has 1 saturated carbocycles. The first-order valence-corrected chi connectivity index (χ1v) is 8.81. The van der Waals surface area contributed by atoms with Gasteiger partial charge in [0.15, 0.2) is 11.5 Å². The fourth-order valence-electron chi connectivity index (χ4n) is 2.82. The van der Waals surface area contributed by atoms with Crippen molar-refractivity contribution in [2.75, 3.05) is 38.1 Å². The van der Waals surface area contributed by atoms with E-state index in [0.29, 0.717) is 28.0 Å². The van der Waals surface area contributed by atoms with Gasteiger partial charge in [-0.05, 0) is 25.2 Å². The lowest BCUT2D eigenvalue weighted by Gasteiger charge is -2.40. The number of anilines is 2. The number of aromatic nitrogens is 2. The van der Waals surface area contributed by atoms with Crippen molar-refractivity contribution in [3.8, 4) is 11.5 Å². The molecule has 0 amide bonds. The van der Waals surface area contributed by atoms with Gasteiger partial charge in [0.1, 0.15) is 5.82 Å². The molecular weight excluding hydrogens is 312 g/mol. The van der Waals surface area contributed by atoms with E-state index in [0.717, 1.165) is 17.4 Å². The number of thioether (sulfide) groups is 1. The Morgan fingerprint density at radius 2 is 1.91 bits per heavy atom. The van der Waals surface area contributed by atoms with Crippen molar-refractivity contribution in [2.45, 2.75) is 24.0 Å². The van der Waals surface area contributed by atoms with E-state index in [1.807, 2.05) is 23.9 Å². The van der Waals surface area contributed by atoms with Crippen LogP contribution in [0.4, 0.5) is 11.8 Å². The van der Waals surface area contributed by atoms with E-state index >= 15 is 0 Å². The highest BCUT2D eigenvalue weighted by Crippen LogP contribution is 2.42. The molecule has 7 heteroatoms. The van der Waals surface area contributed by atoms with Gasteiger partial charge in [-0.15, -0.1) is 0 Å². The summed E-state index contributed by atoms with van der Waals surface area (Å²) in [4.78, 5) is 8.95. The van der Waals surface area contributed by atoms with Gasteiger partial charge in [-0.2, -0.15) is 16.7 Å². The number of nitrogens with one attached hydrogen (secondary N) is 1. The van der Waals surface area contributed by atoms with Crippen molar-refractivity contribution in [3.63, 3.8) is 0 Å². The van der Waals surface area contributed by atoms with Gasteiger partial charge in [0.25, 0.3) is 0 Å². The van der Waals surface area contributed by atoms with Crippen LogP contribution in [0.1, 0.15) is 19.3 Å². The second kappa shape index (κ2) is 6.31. The summed E-state index contributed by atoms with van der Waals surface area (Å²) in [6.45, 7) is 0.854. The van der Waals surface area contributed by atoms with Gasteiger partial charge in [-0.3, -0.25) is 0 Å². The molecule has 124 valence electrons. The van der Waals surface area contributed by atoms with Crippen molar-refractivity contribution in [2.24, 2.45) is 0 Å². The van der Waals surface area contributed by atoms with E-state index in [9.17, 15) is 0 Å². The Balaban J connectivity index is 1.90. The number of hydrogen-bond donors (Lipinski definition) is 2. The van der Waals surface area contributed by atoms with E-state index in [1.165, 1.54) is 19.3 Å². The molecule has 1 aromatic heterocycles. The molecular formula is C16H22N4O2S. The van der Waals surface area contributed by atoms with E-state index < -0.39 is 0 Å². The normalized spacial score (nSPS) is 16.0. The predicted octanol–water partition coefficient (Wildman–Crippen LogP) is 2.93. The summed E-state index contributed by atoms with van der Waals surface area (Å²) >= 11 is 1.91. The number of rotatable bonds is 6. The van der Waals surface area contributed by atoms with Gasteiger partial charge in [0.05, 0.1) is 19.7 Å². The largest absolute Gasteiger partial charge is 0.493 e. The molecule has 1 heterocycles. The molecule has 1 aromatic carbocycles. The smallest absolute Gasteiger partial charge is 0.225 e. The first-order chi connectivity index (χ1) is 11.1. The first kappa shape index (κ1) is 16.0. The molecule has 0 spiro atoms. The second-order valence-electron chi connectivity index (χ2n) is 5.75. The molecule has 0 unspecified atom stereocenters. The van der Waals surface area contributed by atoms with Crippen LogP contribution in [-0.4, -0.2) is 41.7 Å². The van der Waals surface area contributed by atoms with E-state index in [2.05, 4.69) is 21.5 Å². The highest BCUT2D eigenvalue weighted by Gasteiger charge is 2.36. The Bertz CT molecular complexity index is 713. The molecule has 3 N–H and O–H groups in total. The molecule has 0 atom stereocenters. The number of nitrogens with zero attached hydrogens (tertiary/aromatic N) is 2. The van der Waals surface area contributed by atoms with Crippen LogP contribution in [-0.2, 0) is 0 Å². The average Bonchev–Trinajstić information content (AvgIpc) is 2.53. The van der Waals surface area contributed by atoms with Gasteiger partial charge in [0, 0.05) is 22.7 Å². The molecule has 0 radical (unpaired) electrons. The third-order valence-corrected chi connectivity index (χ3v) is 5.92. The number of ether oxygens (including phenoxy) is 2. The Kier molecular flexibility index (Phi) is 4.39. The third kappa shape index (κ3) is 2.97. The molecule has 1 aliphatic rings. The van der Waals surface area contributed by atoms with Crippen LogP contribution in [0.15, 0.2) is 12.1 Å². The topological polar surface area (TPSA) is 82.3 Å². The zero-order chi connectivity index (χ0) is 16.4. The first-order valence-electron chi connectivity index (χ1n) is 7.59. The number of hydrogen-bond acceptors (Lipinski definition) is 7. The summed E-state index contributed by atoms with van der Waals surface area (Å²) in [5.41, 5.74) is 6.84. The Morgan fingerprint density at radius 3 is 2.48 bits per heavy atom. The molecule has 1 aliphatic carbocycles. The molecule has 0 saturated heterocycles. The SMILES string of the molecule is COc1cc2nc(NCC3(SC)CCC3)nc(N)c2cc1OC. The monoisotopic (exact) mass is 334 g/mol. The van der Waals surface area contributed by atoms with Crippen LogP contribution in [0.2, 0.25) is 0 Å². The fourth-order valence-corrected chi connectivity index (χ4v) is 3.74. The Hall–Kier alpha value is -1.89. The van der Waals surface area contributed by atoms with Gasteiger partial charge in [-0.25, -0.2) is 4.98 Å². The lowest BCUT2D eigenvalue weighted by Crippen LogP contribution is -2.40. The van der Waals surface area contributed by atoms with Crippen molar-refractivity contribution in [3.05, 3.63) is 12.1 Å². The van der Waals surface area contributed by atoms with E-state index in [-0.39, 0.29) is 0 Å². The summed E-state index contributed by atoms with van der Waals surface area (Å²) < 4.78 is 10.9. The molecule has 3 rings (SSSR count). The summed E-state index contributed by atoms with van der Waals surface area (Å²) in [5.74, 6) is 2.24. The molecule has 0 bridgehead atoms. The standard InChI is InChI=1S/C16H22N4O2S/c1-21-12-7-10-11(8-13(12)22-2)19-15(20-14(10)17)18-9-16(23-3)5-4-6-16/h7-8H,4-6,9H2,1-3H3,(H3,17,18,19,20). The molecule has 1 fully saturated rings. The fraction of sp³-hybridized carbons (Fsp3) is 0.500. The minimum atomic E-state index is 0.310. The highest BCUT2D eigenvalue weighted by atomic mass is 32.2. The molecule has 2 aromatic rings. The minimum Gasteiger partial charge on any atom is -0.493 e. The molecule has 6 nitrogen and oxygen atoms in total. The summed E-state index contributed by atoms with van der Waals surface area (Å²) in [7, 11) is 3.20. The zero-order valence-corrected chi connectivity index (χ0v) is 14.5. The third-order valence-electron chi connectivity index (χ3n) is 4.50. The molecule has 0 aliphatic heterocycles. The minimum absolute atomic E-state index is 0.310. The maximum atomic E-state index is 6.10. The van der Waals surface area contributed by atoms with Crippen LogP contribution in [0.5, 0.6) is 11.5 Å². The Labute approximate surface area is 140 Å². The van der Waals surface area contributed by atoms with Crippen molar-refractivity contribution in [1.29, 1.82) is 0 Å². The lowest BCUT2D eigenvalue weighted by molar-refractivity contribution is 0.356. The van der Waals surface area contributed by atoms with E-state index in [1.54, 1.807) is 14.2 Å². The average molecular weight is 334 g/mol. The Morgan fingerprint density at radius 1 is 1.22 bits per heavy atom. The lowest BCUT2D eigenvalue weighted by atomic mass is 9.84. The quantitative estimate of drug-likeness (QED) is 0.840. The van der Waals surface area contributed by atoms with Gasteiger partial charge >= 0.3 is 0 Å². The van der Waals surface area contributed by atoms with Crippen LogP contribution < -0.4 is 20.5 Å². The van der Waals surface area contributed by atoms with Gasteiger partial charge < -0.3 is 20.5 Å². The highest BCUT2D eigenvalue weighted by molar-refractivity contribution is 8.00. The number of nitrogen functional groups attached to an aromatic ring is 1. The van der Waals surface area contributed by atoms with Crippen molar-refractivity contribution in [1.82, 2.24) is 9.97 Å². The second-order valence-corrected chi connectivity index (χ2v) is 7.03. The zero-order valence-electron chi connectivity index (χ0n) is 13.7. The van der Waals surface area contributed by atoms with Crippen molar-refractivity contribution >= 4 is 34.4 Å². The number of methoxy groups -OCH3 is 2. The van der Waals surface area contributed by atoms with Gasteiger partial charge in [0.2, 0.25) is 5.95 Å². The van der Waals surface area contributed by atoms with Gasteiger partial charge in [-0.1, -0.05) is 6.42 Å². The summed E-state index contributed by atoms with van der Waals surface area (Å²) in [6.07, 6.45) is 5.92. The van der Waals surface area contributed by atoms with Crippen molar-refractivity contribution < 1.29 is 9.47 Å². The van der Waals surface area contributed by atoms with Crippen LogP contribution in [0, 0.1) is 0 Å².